The largest absolute Gasteiger partial charge is 0.490 e. The van der Waals surface area contributed by atoms with Crippen molar-refractivity contribution in [3.8, 4) is 11.5 Å². The highest BCUT2D eigenvalue weighted by Crippen LogP contribution is 2.40. The van der Waals surface area contributed by atoms with Crippen LogP contribution < -0.4 is 9.47 Å². The van der Waals surface area contributed by atoms with Gasteiger partial charge in [-0.05, 0) is 79.7 Å². The Morgan fingerprint density at radius 3 is 2.32 bits per heavy atom. The molecule has 1 fully saturated rings. The molecular weight excluding hydrogens is 536 g/mol. The van der Waals surface area contributed by atoms with Crippen molar-refractivity contribution in [2.45, 2.75) is 109 Å². The number of ether oxygens (including phenoxy) is 4. The lowest BCUT2D eigenvalue weighted by molar-refractivity contribution is 0.123. The summed E-state index contributed by atoms with van der Waals surface area (Å²) in [6, 6.07) is 4.47. The van der Waals surface area contributed by atoms with Crippen molar-refractivity contribution < 1.29 is 36.5 Å². The van der Waals surface area contributed by atoms with Crippen LogP contribution >= 0.6 is 0 Å². The quantitative estimate of drug-likeness (QED) is 0.101. The zero-order valence-electron chi connectivity index (χ0n) is 24.4. The highest BCUT2D eigenvalue weighted by molar-refractivity contribution is 5.43. The van der Waals surface area contributed by atoms with Crippen molar-refractivity contribution in [3.63, 3.8) is 0 Å². The molecule has 0 aromatic heterocycles. The van der Waals surface area contributed by atoms with E-state index in [0.717, 1.165) is 45.1 Å². The standard InChI is InChI=1S/C33H44F4O4/c1-3-5-7-8-11-26-29(41-26)21-40-27-15-14-24(30(34)32(27)36)22-12-13-23-20-28(33(37)31(35)25(23)19-22)39-18-10-9-17-38-16-6-4-2/h14-15,20,22,26,29H,3-13,16-19,21H2,1-2H3. The van der Waals surface area contributed by atoms with E-state index in [1.165, 1.54) is 25.0 Å². The molecule has 0 amide bonds. The van der Waals surface area contributed by atoms with Gasteiger partial charge in [0.25, 0.3) is 0 Å². The van der Waals surface area contributed by atoms with Gasteiger partial charge in [0.15, 0.2) is 23.1 Å². The molecule has 1 aliphatic heterocycles. The molecule has 2 aromatic rings. The maximum atomic E-state index is 15.1. The van der Waals surface area contributed by atoms with Crippen LogP contribution in [-0.2, 0) is 22.3 Å². The summed E-state index contributed by atoms with van der Waals surface area (Å²) in [6.45, 7) is 6.05. The average Bonchev–Trinajstić information content (AvgIpc) is 3.74. The van der Waals surface area contributed by atoms with E-state index in [9.17, 15) is 8.78 Å². The van der Waals surface area contributed by atoms with Gasteiger partial charge in [-0.25, -0.2) is 8.78 Å². The van der Waals surface area contributed by atoms with Gasteiger partial charge in [0, 0.05) is 13.2 Å². The van der Waals surface area contributed by atoms with Gasteiger partial charge in [0.2, 0.25) is 11.6 Å². The molecule has 228 valence electrons. The van der Waals surface area contributed by atoms with Gasteiger partial charge in [-0.1, -0.05) is 52.0 Å². The Kier molecular flexibility index (Phi) is 12.2. The third kappa shape index (κ3) is 8.60. The van der Waals surface area contributed by atoms with Crippen molar-refractivity contribution in [1.82, 2.24) is 0 Å². The van der Waals surface area contributed by atoms with Crippen molar-refractivity contribution in [3.05, 3.63) is 58.2 Å². The van der Waals surface area contributed by atoms with Crippen LogP contribution in [0.5, 0.6) is 11.5 Å². The van der Waals surface area contributed by atoms with Crippen LogP contribution in [0.2, 0.25) is 0 Å². The molecule has 1 aliphatic carbocycles. The summed E-state index contributed by atoms with van der Waals surface area (Å²) in [5.41, 5.74) is 0.997. The Labute approximate surface area is 241 Å². The molecule has 3 atom stereocenters. The number of rotatable bonds is 18. The van der Waals surface area contributed by atoms with Gasteiger partial charge in [-0.2, -0.15) is 8.78 Å². The van der Waals surface area contributed by atoms with Gasteiger partial charge < -0.3 is 18.9 Å². The molecule has 41 heavy (non-hydrogen) atoms. The molecule has 0 bridgehead atoms. The molecule has 2 aliphatic rings. The average molecular weight is 581 g/mol. The first-order chi connectivity index (χ1) is 19.9. The Hall–Kier alpha value is -2.32. The molecule has 1 saturated heterocycles. The number of unbranched alkanes of at least 4 members (excludes halogenated alkanes) is 5. The predicted octanol–water partition coefficient (Wildman–Crippen LogP) is 8.61. The summed E-state index contributed by atoms with van der Waals surface area (Å²) in [6.07, 6.45) is 10.1. The van der Waals surface area contributed by atoms with Gasteiger partial charge in [-0.3, -0.25) is 0 Å². The fourth-order valence-corrected chi connectivity index (χ4v) is 5.52. The van der Waals surface area contributed by atoms with Gasteiger partial charge in [-0.15, -0.1) is 0 Å². The van der Waals surface area contributed by atoms with Gasteiger partial charge >= 0.3 is 0 Å². The Morgan fingerprint density at radius 2 is 1.51 bits per heavy atom. The molecule has 3 unspecified atom stereocenters. The molecule has 0 spiro atoms. The minimum atomic E-state index is -1.06. The van der Waals surface area contributed by atoms with E-state index in [-0.39, 0.29) is 54.5 Å². The Morgan fingerprint density at radius 1 is 0.756 bits per heavy atom. The van der Waals surface area contributed by atoms with Crippen LogP contribution in [0.15, 0.2) is 18.2 Å². The number of halogens is 4. The second-order valence-corrected chi connectivity index (χ2v) is 11.3. The van der Waals surface area contributed by atoms with E-state index in [1.54, 1.807) is 6.07 Å². The zero-order valence-corrected chi connectivity index (χ0v) is 24.4. The minimum absolute atomic E-state index is 0.0830. The second kappa shape index (κ2) is 15.8. The molecule has 0 saturated carbocycles. The van der Waals surface area contributed by atoms with Crippen molar-refractivity contribution >= 4 is 0 Å². The fraction of sp³-hybridized carbons (Fsp3) is 0.636. The third-order valence-electron chi connectivity index (χ3n) is 8.11. The summed E-state index contributed by atoms with van der Waals surface area (Å²) >= 11 is 0. The molecular formula is C33H44F4O4. The van der Waals surface area contributed by atoms with E-state index in [0.29, 0.717) is 31.4 Å². The number of epoxide rings is 1. The molecule has 8 heteroatoms. The topological polar surface area (TPSA) is 40.2 Å². The molecule has 0 N–H and O–H groups in total. The van der Waals surface area contributed by atoms with Crippen LogP contribution in [0, 0.1) is 23.3 Å². The van der Waals surface area contributed by atoms with E-state index in [2.05, 4.69) is 13.8 Å². The molecule has 2 aromatic carbocycles. The van der Waals surface area contributed by atoms with Crippen molar-refractivity contribution in [2.75, 3.05) is 26.4 Å². The minimum Gasteiger partial charge on any atom is -0.490 e. The lowest BCUT2D eigenvalue weighted by atomic mass is 9.79. The molecule has 1 heterocycles. The van der Waals surface area contributed by atoms with Crippen LogP contribution in [0.4, 0.5) is 17.6 Å². The first-order valence-corrected chi connectivity index (χ1v) is 15.4. The van der Waals surface area contributed by atoms with Crippen LogP contribution in [0.3, 0.4) is 0 Å². The maximum Gasteiger partial charge on any atom is 0.200 e. The summed E-state index contributed by atoms with van der Waals surface area (Å²) in [7, 11) is 0. The number of aryl methyl sites for hydroxylation is 1. The maximum absolute atomic E-state index is 15.1. The number of hydrogen-bond acceptors (Lipinski definition) is 4. The second-order valence-electron chi connectivity index (χ2n) is 11.3. The smallest absolute Gasteiger partial charge is 0.200 e. The normalized spacial score (nSPS) is 19.7. The predicted molar refractivity (Wildman–Crippen MR) is 151 cm³/mol. The number of benzene rings is 2. The molecule has 4 nitrogen and oxygen atoms in total. The summed E-state index contributed by atoms with van der Waals surface area (Å²) in [5, 5.41) is 0. The summed E-state index contributed by atoms with van der Waals surface area (Å²) < 4.78 is 82.2. The molecule has 0 radical (unpaired) electrons. The van der Waals surface area contributed by atoms with Crippen molar-refractivity contribution in [2.24, 2.45) is 0 Å². The third-order valence-corrected chi connectivity index (χ3v) is 8.11. The van der Waals surface area contributed by atoms with Crippen LogP contribution in [-0.4, -0.2) is 38.6 Å². The highest BCUT2D eigenvalue weighted by Gasteiger charge is 2.39. The number of hydrogen-bond donors (Lipinski definition) is 0. The Bertz CT molecular complexity index is 1130. The Balaban J connectivity index is 1.29. The zero-order chi connectivity index (χ0) is 29.2. The number of fused-ring (bicyclic) bond motifs is 1. The molecule has 4 rings (SSSR count). The first-order valence-electron chi connectivity index (χ1n) is 15.4. The summed E-state index contributed by atoms with van der Waals surface area (Å²) in [5.74, 6) is -4.80. The monoisotopic (exact) mass is 580 g/mol. The van der Waals surface area contributed by atoms with E-state index in [1.807, 2.05) is 0 Å². The first kappa shape index (κ1) is 31.6. The highest BCUT2D eigenvalue weighted by atomic mass is 19.2. The van der Waals surface area contributed by atoms with E-state index >= 15 is 8.78 Å². The van der Waals surface area contributed by atoms with Crippen LogP contribution in [0.1, 0.15) is 101 Å². The van der Waals surface area contributed by atoms with E-state index in [4.69, 9.17) is 18.9 Å². The van der Waals surface area contributed by atoms with Gasteiger partial charge in [0.1, 0.15) is 12.7 Å². The lowest BCUT2D eigenvalue weighted by Gasteiger charge is -2.27. The lowest BCUT2D eigenvalue weighted by Crippen LogP contribution is -2.18. The van der Waals surface area contributed by atoms with Crippen molar-refractivity contribution in [1.29, 1.82) is 0 Å². The van der Waals surface area contributed by atoms with Gasteiger partial charge in [0.05, 0.1) is 12.7 Å². The summed E-state index contributed by atoms with van der Waals surface area (Å²) in [4.78, 5) is 0. The fourth-order valence-electron chi connectivity index (χ4n) is 5.52. The van der Waals surface area contributed by atoms with E-state index < -0.39 is 29.2 Å². The van der Waals surface area contributed by atoms with Crippen LogP contribution in [0.25, 0.3) is 0 Å². The SMILES string of the molecule is CCCCCCC1OC1COc1ccc(C2CCc3cc(OCCCCOCCCC)c(F)c(F)c3C2)c(F)c1F.